The third-order valence-corrected chi connectivity index (χ3v) is 7.15. The zero-order chi connectivity index (χ0) is 25.8. The van der Waals surface area contributed by atoms with Crippen molar-refractivity contribution in [3.05, 3.63) is 89.0 Å². The highest BCUT2D eigenvalue weighted by molar-refractivity contribution is 9.10. The second-order valence-corrected chi connectivity index (χ2v) is 10.00. The van der Waals surface area contributed by atoms with Crippen molar-refractivity contribution in [1.29, 1.82) is 0 Å². The third kappa shape index (κ3) is 5.03. The van der Waals surface area contributed by atoms with Crippen LogP contribution in [0.2, 0.25) is 0 Å². The van der Waals surface area contributed by atoms with Gasteiger partial charge in [0.25, 0.3) is 5.56 Å². The Hall–Kier alpha value is -3.17. The summed E-state index contributed by atoms with van der Waals surface area (Å²) in [4.78, 5) is 32.1. The lowest BCUT2D eigenvalue weighted by atomic mass is 9.95. The van der Waals surface area contributed by atoms with Crippen LogP contribution in [0.1, 0.15) is 44.4 Å². The first-order chi connectivity index (χ1) is 17.4. The lowest BCUT2D eigenvalue weighted by Crippen LogP contribution is -2.40. The van der Waals surface area contributed by atoms with E-state index >= 15 is 0 Å². The number of rotatable bonds is 8. The lowest BCUT2D eigenvalue weighted by Gasteiger charge is -2.26. The molecule has 0 aliphatic carbocycles. The van der Waals surface area contributed by atoms with E-state index in [9.17, 15) is 9.59 Å². The highest BCUT2D eigenvalue weighted by Crippen LogP contribution is 2.36. The summed E-state index contributed by atoms with van der Waals surface area (Å²) < 4.78 is 19.8. The zero-order valence-corrected chi connectivity index (χ0v) is 22.9. The quantitative estimate of drug-likeness (QED) is 0.376. The van der Waals surface area contributed by atoms with Crippen molar-refractivity contribution in [2.45, 2.75) is 33.2 Å². The van der Waals surface area contributed by atoms with Crippen molar-refractivity contribution in [2.75, 3.05) is 20.3 Å². The van der Waals surface area contributed by atoms with Crippen molar-refractivity contribution in [3.8, 4) is 11.5 Å². The van der Waals surface area contributed by atoms with Gasteiger partial charge >= 0.3 is 5.97 Å². The fourth-order valence-corrected chi connectivity index (χ4v) is 5.51. The topological polar surface area (TPSA) is 79.1 Å². The zero-order valence-electron chi connectivity index (χ0n) is 20.5. The van der Waals surface area contributed by atoms with E-state index in [4.69, 9.17) is 14.2 Å². The molecule has 9 heteroatoms. The van der Waals surface area contributed by atoms with Gasteiger partial charge in [-0.05, 0) is 50.6 Å². The molecule has 1 aliphatic heterocycles. The van der Waals surface area contributed by atoms with Crippen LogP contribution >= 0.6 is 27.3 Å². The normalized spacial score (nSPS) is 15.4. The molecule has 1 atom stereocenters. The molecule has 3 aromatic rings. The van der Waals surface area contributed by atoms with Crippen LogP contribution in [-0.2, 0) is 9.53 Å². The first kappa shape index (κ1) is 25.9. The Morgan fingerprint density at radius 2 is 1.97 bits per heavy atom. The molecule has 0 amide bonds. The van der Waals surface area contributed by atoms with Gasteiger partial charge in [-0.2, -0.15) is 0 Å². The van der Waals surface area contributed by atoms with E-state index in [0.29, 0.717) is 44.3 Å². The Kier molecular flexibility index (Phi) is 8.11. The molecule has 0 saturated carbocycles. The number of hydrogen-bond donors (Lipinski definition) is 0. The number of hydrogen-bond acceptors (Lipinski definition) is 7. The van der Waals surface area contributed by atoms with Crippen molar-refractivity contribution < 1.29 is 19.0 Å². The number of halogens is 1. The van der Waals surface area contributed by atoms with Gasteiger partial charge in [-0.15, -0.1) is 0 Å². The minimum absolute atomic E-state index is 0.212. The fraction of sp³-hybridized carbons (Fsp3) is 0.296. The highest BCUT2D eigenvalue weighted by atomic mass is 79.9. The molecule has 0 fully saturated rings. The molecule has 2 aromatic carbocycles. The Balaban J connectivity index is 1.98. The average Bonchev–Trinajstić information content (AvgIpc) is 3.16. The van der Waals surface area contributed by atoms with Crippen LogP contribution < -0.4 is 24.4 Å². The molecule has 0 saturated heterocycles. The summed E-state index contributed by atoms with van der Waals surface area (Å²) in [5.41, 5.74) is 2.03. The van der Waals surface area contributed by atoms with Crippen molar-refractivity contribution >= 4 is 39.3 Å². The maximum absolute atomic E-state index is 13.9. The lowest BCUT2D eigenvalue weighted by molar-refractivity contribution is -0.139. The Bertz CT molecular complexity index is 1510. The predicted octanol–water partition coefficient (Wildman–Crippen LogP) is 4.36. The first-order valence-corrected chi connectivity index (χ1v) is 13.2. The van der Waals surface area contributed by atoms with Crippen molar-refractivity contribution in [2.24, 2.45) is 4.99 Å². The number of carbonyl (C=O) groups excluding carboxylic acids is 1. The van der Waals surface area contributed by atoms with Gasteiger partial charge in [-0.3, -0.25) is 9.36 Å². The summed E-state index contributed by atoms with van der Waals surface area (Å²) in [5.74, 6) is 0.753. The molecule has 0 bridgehead atoms. The number of para-hydroxylation sites is 1. The smallest absolute Gasteiger partial charge is 0.338 e. The SMILES string of the molecule is CCCOc1ccccc1C1C(C(=O)OCC)=C(C)N=c2sc(=Cc3cc(Br)ccc3OC)c(=O)n21. The van der Waals surface area contributed by atoms with E-state index in [1.54, 1.807) is 31.6 Å². The number of fused-ring (bicyclic) bond motifs is 1. The molecular weight excluding hydrogens is 544 g/mol. The maximum atomic E-state index is 13.9. The second-order valence-electron chi connectivity index (χ2n) is 8.07. The number of ether oxygens (including phenoxy) is 3. The van der Waals surface area contributed by atoms with Crippen LogP contribution in [0.5, 0.6) is 11.5 Å². The summed E-state index contributed by atoms with van der Waals surface area (Å²) in [6.07, 6.45) is 2.61. The number of carbonyl (C=O) groups is 1. The van der Waals surface area contributed by atoms with Crippen molar-refractivity contribution in [1.82, 2.24) is 4.57 Å². The van der Waals surface area contributed by atoms with E-state index < -0.39 is 12.0 Å². The van der Waals surface area contributed by atoms with Gasteiger partial charge in [-0.25, -0.2) is 9.79 Å². The molecule has 4 rings (SSSR count). The van der Waals surface area contributed by atoms with E-state index in [-0.39, 0.29) is 12.2 Å². The molecule has 1 aromatic heterocycles. The largest absolute Gasteiger partial charge is 0.496 e. The van der Waals surface area contributed by atoms with Gasteiger partial charge in [0.1, 0.15) is 17.5 Å². The van der Waals surface area contributed by atoms with Gasteiger partial charge in [-0.1, -0.05) is 52.4 Å². The fourth-order valence-electron chi connectivity index (χ4n) is 4.09. The maximum Gasteiger partial charge on any atom is 0.338 e. The van der Waals surface area contributed by atoms with E-state index in [0.717, 1.165) is 16.5 Å². The Morgan fingerprint density at radius 1 is 1.19 bits per heavy atom. The first-order valence-electron chi connectivity index (χ1n) is 11.6. The minimum atomic E-state index is -0.736. The van der Waals surface area contributed by atoms with E-state index in [1.807, 2.05) is 49.4 Å². The van der Waals surface area contributed by atoms with Crippen LogP contribution in [0.25, 0.3) is 6.08 Å². The Morgan fingerprint density at radius 3 is 2.69 bits per heavy atom. The molecule has 0 spiro atoms. The summed E-state index contributed by atoms with van der Waals surface area (Å²) in [5, 5.41) is 0. The van der Waals surface area contributed by atoms with Crippen LogP contribution in [0.15, 0.2) is 68.0 Å². The predicted molar refractivity (Wildman–Crippen MR) is 143 cm³/mol. The van der Waals surface area contributed by atoms with Gasteiger partial charge < -0.3 is 14.2 Å². The number of aromatic nitrogens is 1. The number of allylic oxidation sites excluding steroid dienone is 1. The van der Waals surface area contributed by atoms with Crippen LogP contribution in [0.3, 0.4) is 0 Å². The number of benzene rings is 2. The average molecular weight is 571 g/mol. The number of esters is 1. The molecule has 7 nitrogen and oxygen atoms in total. The molecule has 0 radical (unpaired) electrons. The molecule has 2 heterocycles. The summed E-state index contributed by atoms with van der Waals surface area (Å²) in [6.45, 7) is 6.27. The van der Waals surface area contributed by atoms with E-state index in [2.05, 4.69) is 20.9 Å². The van der Waals surface area contributed by atoms with Crippen LogP contribution in [-0.4, -0.2) is 30.9 Å². The molecule has 36 heavy (non-hydrogen) atoms. The third-order valence-electron chi connectivity index (χ3n) is 5.67. The number of thiazole rings is 1. The summed E-state index contributed by atoms with van der Waals surface area (Å²) >= 11 is 4.75. The van der Waals surface area contributed by atoms with Crippen molar-refractivity contribution in [3.63, 3.8) is 0 Å². The standard InChI is InChI=1S/C27H27BrN2O5S/c1-5-13-35-21-10-8-7-9-19(21)24-23(26(32)34-6-2)16(3)29-27-30(24)25(31)22(36-27)15-17-14-18(28)11-12-20(17)33-4/h7-12,14-15,24H,5-6,13H2,1-4H3. The van der Waals surface area contributed by atoms with Gasteiger partial charge in [0.2, 0.25) is 0 Å². The summed E-state index contributed by atoms with van der Waals surface area (Å²) in [6, 6.07) is 12.3. The van der Waals surface area contributed by atoms with Gasteiger partial charge in [0.15, 0.2) is 4.80 Å². The Labute approximate surface area is 221 Å². The van der Waals surface area contributed by atoms with Crippen LogP contribution in [0, 0.1) is 0 Å². The molecular formula is C27H27BrN2O5S. The summed E-state index contributed by atoms with van der Waals surface area (Å²) in [7, 11) is 1.59. The second kappa shape index (κ2) is 11.3. The van der Waals surface area contributed by atoms with E-state index in [1.165, 1.54) is 11.3 Å². The number of nitrogens with zero attached hydrogens (tertiary/aromatic N) is 2. The number of methoxy groups -OCH3 is 1. The van der Waals surface area contributed by atoms with Gasteiger partial charge in [0, 0.05) is 15.6 Å². The van der Waals surface area contributed by atoms with Crippen LogP contribution in [0.4, 0.5) is 0 Å². The van der Waals surface area contributed by atoms with Gasteiger partial charge in [0.05, 0.1) is 36.1 Å². The highest BCUT2D eigenvalue weighted by Gasteiger charge is 2.35. The molecule has 188 valence electrons. The minimum Gasteiger partial charge on any atom is -0.496 e. The monoisotopic (exact) mass is 570 g/mol. The molecule has 1 aliphatic rings. The molecule has 1 unspecified atom stereocenters. The molecule has 0 N–H and O–H groups in total.